The highest BCUT2D eigenvalue weighted by Crippen LogP contribution is 2.61. The van der Waals surface area contributed by atoms with Crippen LogP contribution in [0.25, 0.3) is 11.0 Å². The lowest BCUT2D eigenvalue weighted by Gasteiger charge is -2.57. The highest BCUT2D eigenvalue weighted by Gasteiger charge is 2.58. The van der Waals surface area contributed by atoms with Gasteiger partial charge in [0, 0.05) is 32.5 Å². The first-order chi connectivity index (χ1) is 15.9. The van der Waals surface area contributed by atoms with Crippen LogP contribution in [-0.2, 0) is 18.3 Å². The molecule has 1 spiro atoms. The molecule has 1 aromatic heterocycles. The van der Waals surface area contributed by atoms with Gasteiger partial charge in [-0.15, -0.1) is 0 Å². The van der Waals surface area contributed by atoms with Gasteiger partial charge < -0.3 is 9.88 Å². The number of carbonyl (C=O) groups is 1. The standard InChI is InChI=1S/C28H38N4O/c1-27(2)20-9-8-19(21(27)16-20)18-32-14-11-28(12-15-32)17-22(28)26(33)29-13-10-25-30-23-6-4-5-7-24(23)31(25)3/h4-8,20-22H,9-18H2,1-3H3,(H,29,33)/t20-,21-,22-/m0/s1. The monoisotopic (exact) mass is 446 g/mol. The number of nitrogens with one attached hydrogen (secondary N) is 1. The number of hydrogen-bond acceptors (Lipinski definition) is 3. The number of nitrogens with zero attached hydrogens (tertiary/aromatic N) is 3. The molecule has 3 fully saturated rings. The topological polar surface area (TPSA) is 50.2 Å². The molecule has 7 rings (SSSR count). The van der Waals surface area contributed by atoms with Gasteiger partial charge in [0.05, 0.1) is 11.0 Å². The highest BCUT2D eigenvalue weighted by atomic mass is 16.2. The van der Waals surface area contributed by atoms with Crippen LogP contribution in [0, 0.1) is 28.6 Å². The Morgan fingerprint density at radius 1 is 1.21 bits per heavy atom. The van der Waals surface area contributed by atoms with Crippen LogP contribution >= 0.6 is 0 Å². The third-order valence-electron chi connectivity index (χ3n) is 9.87. The minimum Gasteiger partial charge on any atom is -0.355 e. The van der Waals surface area contributed by atoms with Crippen molar-refractivity contribution >= 4 is 16.9 Å². The summed E-state index contributed by atoms with van der Waals surface area (Å²) < 4.78 is 2.14. The number of carbonyl (C=O) groups excluding carboxylic acids is 1. The number of rotatable bonds is 6. The van der Waals surface area contributed by atoms with Crippen LogP contribution < -0.4 is 5.32 Å². The van der Waals surface area contributed by atoms with Crippen molar-refractivity contribution in [3.63, 3.8) is 0 Å². The summed E-state index contributed by atoms with van der Waals surface area (Å²) in [7, 11) is 2.06. The highest BCUT2D eigenvalue weighted by molar-refractivity contribution is 5.82. The molecule has 5 heteroatoms. The van der Waals surface area contributed by atoms with E-state index in [1.165, 1.54) is 25.7 Å². The maximum Gasteiger partial charge on any atom is 0.223 e. The number of hydrogen-bond donors (Lipinski definition) is 1. The molecular formula is C28H38N4O. The zero-order valence-corrected chi connectivity index (χ0v) is 20.4. The molecule has 2 saturated carbocycles. The van der Waals surface area contributed by atoms with E-state index in [0.717, 1.165) is 61.2 Å². The van der Waals surface area contributed by atoms with Crippen molar-refractivity contribution < 1.29 is 4.79 Å². The number of likely N-dealkylation sites (tertiary alicyclic amines) is 1. The number of aryl methyl sites for hydroxylation is 1. The Balaban J connectivity index is 0.974. The number of imidazole rings is 1. The summed E-state index contributed by atoms with van der Waals surface area (Å²) in [5.41, 5.74) is 4.67. The molecule has 5 aliphatic rings. The van der Waals surface area contributed by atoms with Crippen LogP contribution in [-0.4, -0.2) is 46.5 Å². The number of benzene rings is 1. The van der Waals surface area contributed by atoms with Crippen LogP contribution in [0.15, 0.2) is 35.9 Å². The van der Waals surface area contributed by atoms with E-state index in [9.17, 15) is 4.79 Å². The van der Waals surface area contributed by atoms with Gasteiger partial charge in [-0.05, 0) is 80.0 Å². The van der Waals surface area contributed by atoms with Gasteiger partial charge in [0.15, 0.2) is 0 Å². The van der Waals surface area contributed by atoms with Gasteiger partial charge in [-0.25, -0.2) is 4.98 Å². The lowest BCUT2D eigenvalue weighted by molar-refractivity contribution is -0.123. The third kappa shape index (κ3) is 3.54. The van der Waals surface area contributed by atoms with Gasteiger partial charge in [-0.3, -0.25) is 9.69 Å². The van der Waals surface area contributed by atoms with Gasteiger partial charge in [-0.2, -0.15) is 0 Å². The van der Waals surface area contributed by atoms with Crippen LogP contribution in [0.5, 0.6) is 0 Å². The predicted octanol–water partition coefficient (Wildman–Crippen LogP) is 4.33. The second kappa shape index (κ2) is 7.69. The molecule has 33 heavy (non-hydrogen) atoms. The van der Waals surface area contributed by atoms with Gasteiger partial charge in [-0.1, -0.05) is 37.6 Å². The zero-order chi connectivity index (χ0) is 22.8. The quantitative estimate of drug-likeness (QED) is 0.672. The molecule has 1 aliphatic heterocycles. The Morgan fingerprint density at radius 2 is 2.00 bits per heavy atom. The van der Waals surface area contributed by atoms with Crippen molar-refractivity contribution in [1.29, 1.82) is 0 Å². The van der Waals surface area contributed by atoms with Crippen LogP contribution in [0.4, 0.5) is 0 Å². The first-order valence-electron chi connectivity index (χ1n) is 13.0. The number of amides is 1. The second-order valence-corrected chi connectivity index (χ2v) is 11.8. The second-order valence-electron chi connectivity index (χ2n) is 11.8. The summed E-state index contributed by atoms with van der Waals surface area (Å²) in [5.74, 6) is 3.24. The summed E-state index contributed by atoms with van der Waals surface area (Å²) in [6.45, 7) is 9.06. The minimum absolute atomic E-state index is 0.223. The number of piperidine rings is 1. The van der Waals surface area contributed by atoms with Gasteiger partial charge in [0.1, 0.15) is 5.82 Å². The van der Waals surface area contributed by atoms with Crippen molar-refractivity contribution in [2.24, 2.45) is 35.6 Å². The molecule has 1 amide bonds. The molecule has 3 atom stereocenters. The first kappa shape index (κ1) is 21.4. The Labute approximate surface area is 197 Å². The van der Waals surface area contributed by atoms with Crippen molar-refractivity contribution in [2.75, 3.05) is 26.2 Å². The lowest BCUT2D eigenvalue weighted by Crippen LogP contribution is -2.50. The van der Waals surface area contributed by atoms with E-state index in [0.29, 0.717) is 12.0 Å². The molecule has 2 bridgehead atoms. The number of aromatic nitrogens is 2. The Hall–Kier alpha value is -2.14. The van der Waals surface area contributed by atoms with E-state index >= 15 is 0 Å². The molecule has 5 nitrogen and oxygen atoms in total. The fourth-order valence-corrected chi connectivity index (χ4v) is 7.18. The van der Waals surface area contributed by atoms with E-state index in [1.54, 1.807) is 5.57 Å². The van der Waals surface area contributed by atoms with E-state index in [4.69, 9.17) is 4.98 Å². The summed E-state index contributed by atoms with van der Waals surface area (Å²) >= 11 is 0. The molecular weight excluding hydrogens is 408 g/mol. The van der Waals surface area contributed by atoms with Crippen LogP contribution in [0.1, 0.15) is 51.8 Å². The van der Waals surface area contributed by atoms with Gasteiger partial charge in [0.2, 0.25) is 5.91 Å². The van der Waals surface area contributed by atoms with E-state index in [2.05, 4.69) is 47.8 Å². The smallest absolute Gasteiger partial charge is 0.223 e. The molecule has 1 aromatic carbocycles. The van der Waals surface area contributed by atoms with Crippen molar-refractivity contribution in [2.45, 2.75) is 52.4 Å². The molecule has 2 aromatic rings. The summed E-state index contributed by atoms with van der Waals surface area (Å²) in [6, 6.07) is 8.21. The van der Waals surface area contributed by atoms with Crippen LogP contribution in [0.3, 0.4) is 0 Å². The molecule has 1 saturated heterocycles. The summed E-state index contributed by atoms with van der Waals surface area (Å²) in [6.07, 6.45) is 9.46. The normalized spacial score (nSPS) is 29.5. The van der Waals surface area contributed by atoms with Crippen molar-refractivity contribution in [1.82, 2.24) is 19.8 Å². The Bertz CT molecular complexity index is 1100. The average molecular weight is 447 g/mol. The van der Waals surface area contributed by atoms with Crippen molar-refractivity contribution in [3.05, 3.63) is 41.7 Å². The van der Waals surface area contributed by atoms with Crippen molar-refractivity contribution in [3.8, 4) is 0 Å². The molecule has 176 valence electrons. The fourth-order valence-electron chi connectivity index (χ4n) is 7.18. The summed E-state index contributed by atoms with van der Waals surface area (Å²) in [5, 5.41) is 3.22. The molecule has 0 unspecified atom stereocenters. The minimum atomic E-state index is 0.223. The van der Waals surface area contributed by atoms with Gasteiger partial charge in [0.25, 0.3) is 0 Å². The van der Waals surface area contributed by atoms with E-state index < -0.39 is 0 Å². The predicted molar refractivity (Wildman–Crippen MR) is 132 cm³/mol. The van der Waals surface area contributed by atoms with Crippen LogP contribution in [0.2, 0.25) is 0 Å². The Morgan fingerprint density at radius 3 is 2.73 bits per heavy atom. The maximum absolute atomic E-state index is 12.9. The Kier molecular flexibility index (Phi) is 4.99. The number of fused-ring (bicyclic) bond motifs is 2. The third-order valence-corrected chi connectivity index (χ3v) is 9.87. The molecule has 0 radical (unpaired) electrons. The largest absolute Gasteiger partial charge is 0.355 e. The number of allylic oxidation sites excluding steroid dienone is 1. The molecule has 1 N–H and O–H groups in total. The molecule has 2 heterocycles. The number of para-hydroxylation sites is 2. The summed E-state index contributed by atoms with van der Waals surface area (Å²) in [4.78, 5) is 20.3. The first-order valence-corrected chi connectivity index (χ1v) is 13.0. The average Bonchev–Trinajstić information content (AvgIpc) is 3.43. The van der Waals surface area contributed by atoms with E-state index in [-0.39, 0.29) is 17.2 Å². The lowest BCUT2D eigenvalue weighted by atomic mass is 9.49. The van der Waals surface area contributed by atoms with Gasteiger partial charge >= 0.3 is 0 Å². The van der Waals surface area contributed by atoms with E-state index in [1.807, 2.05) is 18.2 Å². The SMILES string of the molecule is Cn1c(CCNC(=O)[C@@H]2CC23CCN(CC2=CC[C@H]4C[C@@H]2C4(C)C)CC3)nc2ccccc21. The fraction of sp³-hybridized carbons (Fsp3) is 0.643. The maximum atomic E-state index is 12.9. The zero-order valence-electron chi connectivity index (χ0n) is 20.4. The molecule has 4 aliphatic carbocycles.